The molecule has 0 radical (unpaired) electrons. The van der Waals surface area contributed by atoms with Crippen LogP contribution in [-0.2, 0) is 28.6 Å². The highest BCUT2D eigenvalue weighted by Gasteiger charge is 2.20. The zero-order valence-electron chi connectivity index (χ0n) is 55.6. The second-order valence-electron chi connectivity index (χ2n) is 25.9. The van der Waals surface area contributed by atoms with Gasteiger partial charge in [-0.05, 0) is 19.3 Å². The summed E-state index contributed by atoms with van der Waals surface area (Å²) in [6, 6.07) is 0. The van der Waals surface area contributed by atoms with Crippen molar-refractivity contribution in [3.63, 3.8) is 0 Å². The Morgan fingerprint density at radius 2 is 0.333 bits per heavy atom. The Morgan fingerprint density at radius 1 is 0.198 bits per heavy atom. The van der Waals surface area contributed by atoms with Gasteiger partial charge in [-0.25, -0.2) is 0 Å². The van der Waals surface area contributed by atoms with Gasteiger partial charge in [-0.2, -0.15) is 0 Å². The molecule has 1 atom stereocenters. The van der Waals surface area contributed by atoms with Gasteiger partial charge in [0.05, 0.1) is 0 Å². The third-order valence-electron chi connectivity index (χ3n) is 17.6. The van der Waals surface area contributed by atoms with Crippen molar-refractivity contribution in [2.75, 3.05) is 13.2 Å². The van der Waals surface area contributed by atoms with Gasteiger partial charge in [-0.1, -0.05) is 406 Å². The molecule has 482 valence electrons. The summed E-state index contributed by atoms with van der Waals surface area (Å²) in [7, 11) is 0. The summed E-state index contributed by atoms with van der Waals surface area (Å²) in [5, 5.41) is 0. The predicted octanol–water partition coefficient (Wildman–Crippen LogP) is 25.8. The van der Waals surface area contributed by atoms with E-state index in [1.165, 1.54) is 347 Å². The lowest BCUT2D eigenvalue weighted by atomic mass is 10.0. The van der Waals surface area contributed by atoms with E-state index in [1.54, 1.807) is 0 Å². The SMILES string of the molecule is CCCCCCCCCCCCCCCCCCCCCCCCCCCCCCCCC(=O)OCC(COC(=O)CCCCCCCCC)OC(=O)CCCCCCCCCCCCCCCCCCCCCCCCCCCC. The summed E-state index contributed by atoms with van der Waals surface area (Å²) in [6.45, 7) is 6.70. The van der Waals surface area contributed by atoms with Crippen LogP contribution < -0.4 is 0 Å². The molecule has 0 aromatic carbocycles. The lowest BCUT2D eigenvalue weighted by Crippen LogP contribution is -2.30. The summed E-state index contributed by atoms with van der Waals surface area (Å²) >= 11 is 0. The standard InChI is InChI=1S/C75H146O6/c1-4-7-10-13-16-18-20-22-24-26-28-30-32-34-36-37-38-39-41-42-44-46-48-50-52-54-56-59-62-65-68-74(77)80-71-72(70-79-73(76)67-64-61-58-15-12-9-6-3)81-75(78)69-66-63-60-57-55-53-51-49-47-45-43-40-35-33-31-29-27-25-23-21-19-17-14-11-8-5-2/h72H,4-71H2,1-3H3. The molecule has 0 spiro atoms. The van der Waals surface area contributed by atoms with E-state index in [-0.39, 0.29) is 31.1 Å². The van der Waals surface area contributed by atoms with Crippen molar-refractivity contribution in [2.24, 2.45) is 0 Å². The van der Waals surface area contributed by atoms with E-state index >= 15 is 0 Å². The minimum atomic E-state index is -0.762. The fourth-order valence-corrected chi connectivity index (χ4v) is 12.0. The van der Waals surface area contributed by atoms with Crippen LogP contribution in [0.1, 0.15) is 445 Å². The van der Waals surface area contributed by atoms with Crippen LogP contribution in [-0.4, -0.2) is 37.2 Å². The third-order valence-corrected chi connectivity index (χ3v) is 17.6. The number of unbranched alkanes of at least 4 members (excludes halogenated alkanes) is 60. The molecule has 6 heteroatoms. The van der Waals surface area contributed by atoms with Gasteiger partial charge < -0.3 is 14.2 Å². The highest BCUT2D eigenvalue weighted by Crippen LogP contribution is 2.20. The molecule has 0 rings (SSSR count). The molecule has 0 saturated carbocycles. The summed E-state index contributed by atoms with van der Waals surface area (Å²) in [5.74, 6) is -0.830. The minimum Gasteiger partial charge on any atom is -0.462 e. The van der Waals surface area contributed by atoms with Crippen LogP contribution in [0.2, 0.25) is 0 Å². The van der Waals surface area contributed by atoms with Gasteiger partial charge in [-0.15, -0.1) is 0 Å². The number of hydrogen-bond donors (Lipinski definition) is 0. The first kappa shape index (κ1) is 79.4. The zero-order valence-corrected chi connectivity index (χ0v) is 55.6. The van der Waals surface area contributed by atoms with E-state index in [0.29, 0.717) is 19.3 Å². The Hall–Kier alpha value is -1.59. The minimum absolute atomic E-state index is 0.0611. The van der Waals surface area contributed by atoms with Crippen molar-refractivity contribution in [2.45, 2.75) is 451 Å². The number of esters is 3. The molecule has 0 heterocycles. The first-order chi connectivity index (χ1) is 40.0. The largest absolute Gasteiger partial charge is 0.462 e. The van der Waals surface area contributed by atoms with Gasteiger partial charge in [0.1, 0.15) is 13.2 Å². The lowest BCUT2D eigenvalue weighted by molar-refractivity contribution is -0.167. The molecule has 81 heavy (non-hydrogen) atoms. The van der Waals surface area contributed by atoms with Crippen LogP contribution in [0.25, 0.3) is 0 Å². The molecule has 0 amide bonds. The maximum Gasteiger partial charge on any atom is 0.306 e. The summed E-state index contributed by atoms with van der Waals surface area (Å²) in [5.41, 5.74) is 0. The molecule has 6 nitrogen and oxygen atoms in total. The number of rotatable bonds is 71. The maximum atomic E-state index is 12.9. The van der Waals surface area contributed by atoms with Crippen LogP contribution in [0, 0.1) is 0 Å². The van der Waals surface area contributed by atoms with Gasteiger partial charge in [0.25, 0.3) is 0 Å². The molecular weight excluding hydrogens is 997 g/mol. The molecule has 0 aliphatic carbocycles. The molecule has 0 saturated heterocycles. The summed E-state index contributed by atoms with van der Waals surface area (Å²) in [6.07, 6.45) is 84.8. The number of hydrogen-bond acceptors (Lipinski definition) is 6. The van der Waals surface area contributed by atoms with Gasteiger partial charge in [0.2, 0.25) is 0 Å². The topological polar surface area (TPSA) is 78.9 Å². The van der Waals surface area contributed by atoms with Crippen LogP contribution in [0.5, 0.6) is 0 Å². The number of ether oxygens (including phenoxy) is 3. The highest BCUT2D eigenvalue weighted by molar-refractivity contribution is 5.71. The van der Waals surface area contributed by atoms with E-state index in [1.807, 2.05) is 0 Å². The van der Waals surface area contributed by atoms with E-state index in [4.69, 9.17) is 14.2 Å². The molecular formula is C75H146O6. The van der Waals surface area contributed by atoms with Crippen molar-refractivity contribution in [3.05, 3.63) is 0 Å². The summed E-state index contributed by atoms with van der Waals surface area (Å²) in [4.78, 5) is 38.2. The first-order valence-corrected chi connectivity index (χ1v) is 37.5. The normalized spacial score (nSPS) is 11.9. The highest BCUT2D eigenvalue weighted by atomic mass is 16.6. The van der Waals surface area contributed by atoms with Crippen molar-refractivity contribution in [1.82, 2.24) is 0 Å². The van der Waals surface area contributed by atoms with E-state index < -0.39 is 6.10 Å². The Morgan fingerprint density at radius 3 is 0.494 bits per heavy atom. The molecule has 0 aromatic heterocycles. The predicted molar refractivity (Wildman–Crippen MR) is 354 cm³/mol. The van der Waals surface area contributed by atoms with E-state index in [0.717, 1.165) is 57.8 Å². The Bertz CT molecular complexity index is 1220. The van der Waals surface area contributed by atoms with Gasteiger partial charge in [0.15, 0.2) is 6.10 Å². The maximum absolute atomic E-state index is 12.9. The van der Waals surface area contributed by atoms with E-state index in [9.17, 15) is 14.4 Å². The molecule has 0 aromatic rings. The number of carbonyl (C=O) groups excluding carboxylic acids is 3. The molecule has 0 N–H and O–H groups in total. The average molecular weight is 1140 g/mol. The monoisotopic (exact) mass is 1140 g/mol. The van der Waals surface area contributed by atoms with Gasteiger partial charge >= 0.3 is 17.9 Å². The fourth-order valence-electron chi connectivity index (χ4n) is 12.0. The Balaban J connectivity index is 3.95. The van der Waals surface area contributed by atoms with Crippen LogP contribution in [0.15, 0.2) is 0 Å². The lowest BCUT2D eigenvalue weighted by Gasteiger charge is -2.18. The Kier molecular flexibility index (Phi) is 69.5. The fraction of sp³-hybridized carbons (Fsp3) is 0.960. The van der Waals surface area contributed by atoms with Crippen molar-refractivity contribution < 1.29 is 28.6 Å². The molecule has 0 fully saturated rings. The Labute approximate surface area is 508 Å². The second-order valence-corrected chi connectivity index (χ2v) is 25.9. The van der Waals surface area contributed by atoms with Crippen LogP contribution in [0.3, 0.4) is 0 Å². The van der Waals surface area contributed by atoms with Crippen molar-refractivity contribution in [1.29, 1.82) is 0 Å². The summed E-state index contributed by atoms with van der Waals surface area (Å²) < 4.78 is 16.9. The molecule has 0 aliphatic rings. The third kappa shape index (κ3) is 69.1. The van der Waals surface area contributed by atoms with Crippen molar-refractivity contribution >= 4 is 17.9 Å². The first-order valence-electron chi connectivity index (χ1n) is 37.5. The van der Waals surface area contributed by atoms with E-state index in [2.05, 4.69) is 20.8 Å². The molecule has 1 unspecified atom stereocenters. The van der Waals surface area contributed by atoms with Crippen LogP contribution in [0.4, 0.5) is 0 Å². The second kappa shape index (κ2) is 70.9. The van der Waals surface area contributed by atoms with Crippen LogP contribution >= 0.6 is 0 Å². The van der Waals surface area contributed by atoms with Crippen molar-refractivity contribution in [3.8, 4) is 0 Å². The quantitative estimate of drug-likeness (QED) is 0.0343. The smallest absolute Gasteiger partial charge is 0.306 e. The average Bonchev–Trinajstić information content (AvgIpc) is 3.47. The molecule has 0 bridgehead atoms. The van der Waals surface area contributed by atoms with Gasteiger partial charge in [0, 0.05) is 19.3 Å². The van der Waals surface area contributed by atoms with Gasteiger partial charge in [-0.3, -0.25) is 14.4 Å². The molecule has 0 aliphatic heterocycles. The zero-order chi connectivity index (χ0) is 58.5. The number of carbonyl (C=O) groups is 3.